The average molecular weight is 354 g/mol. The SMILES string of the molecule is COc1cccc(Nc2ncccc2C(=O)Nc2cccc(Cl)c2)c1. The third-order valence-electron chi connectivity index (χ3n) is 3.47. The number of hydrogen-bond donors (Lipinski definition) is 2. The van der Waals surface area contributed by atoms with Crippen molar-refractivity contribution in [1.29, 1.82) is 0 Å². The Bertz CT molecular complexity index is 899. The van der Waals surface area contributed by atoms with Crippen LogP contribution in [0.15, 0.2) is 66.9 Å². The molecule has 0 radical (unpaired) electrons. The molecule has 0 bridgehead atoms. The van der Waals surface area contributed by atoms with E-state index in [9.17, 15) is 4.79 Å². The highest BCUT2D eigenvalue weighted by Crippen LogP contribution is 2.23. The van der Waals surface area contributed by atoms with E-state index in [-0.39, 0.29) is 5.91 Å². The normalized spacial score (nSPS) is 10.2. The van der Waals surface area contributed by atoms with Gasteiger partial charge in [-0.15, -0.1) is 0 Å². The molecule has 0 saturated heterocycles. The quantitative estimate of drug-likeness (QED) is 0.695. The molecule has 0 fully saturated rings. The van der Waals surface area contributed by atoms with Gasteiger partial charge in [0.15, 0.2) is 0 Å². The van der Waals surface area contributed by atoms with E-state index in [1.165, 1.54) is 0 Å². The predicted molar refractivity (Wildman–Crippen MR) is 99.9 cm³/mol. The monoisotopic (exact) mass is 353 g/mol. The smallest absolute Gasteiger partial charge is 0.259 e. The first-order chi connectivity index (χ1) is 12.2. The van der Waals surface area contributed by atoms with Gasteiger partial charge in [0.2, 0.25) is 0 Å². The van der Waals surface area contributed by atoms with Crippen molar-refractivity contribution in [3.05, 3.63) is 77.4 Å². The summed E-state index contributed by atoms with van der Waals surface area (Å²) in [6, 6.07) is 17.8. The molecule has 3 aromatic rings. The van der Waals surface area contributed by atoms with E-state index >= 15 is 0 Å². The van der Waals surface area contributed by atoms with Gasteiger partial charge in [-0.2, -0.15) is 0 Å². The molecular formula is C19H16ClN3O2. The van der Waals surface area contributed by atoms with E-state index in [4.69, 9.17) is 16.3 Å². The average Bonchev–Trinajstić information content (AvgIpc) is 2.62. The van der Waals surface area contributed by atoms with Crippen LogP contribution in [-0.4, -0.2) is 18.0 Å². The molecule has 0 aliphatic heterocycles. The molecule has 2 aromatic carbocycles. The number of anilines is 3. The summed E-state index contributed by atoms with van der Waals surface area (Å²) in [6.45, 7) is 0. The van der Waals surface area contributed by atoms with Gasteiger partial charge in [-0.1, -0.05) is 23.7 Å². The Morgan fingerprint density at radius 3 is 2.64 bits per heavy atom. The number of hydrogen-bond acceptors (Lipinski definition) is 4. The Balaban J connectivity index is 1.83. The maximum atomic E-state index is 12.6. The van der Waals surface area contributed by atoms with Gasteiger partial charge in [-0.05, 0) is 42.5 Å². The van der Waals surface area contributed by atoms with Crippen LogP contribution in [0.5, 0.6) is 5.75 Å². The van der Waals surface area contributed by atoms with Crippen LogP contribution >= 0.6 is 11.6 Å². The number of ether oxygens (including phenoxy) is 1. The maximum Gasteiger partial charge on any atom is 0.259 e. The summed E-state index contributed by atoms with van der Waals surface area (Å²) < 4.78 is 5.21. The first kappa shape index (κ1) is 16.8. The molecule has 0 unspecified atom stereocenters. The third kappa shape index (κ3) is 4.28. The second-order valence-electron chi connectivity index (χ2n) is 5.22. The highest BCUT2D eigenvalue weighted by Gasteiger charge is 2.13. The summed E-state index contributed by atoms with van der Waals surface area (Å²) in [7, 11) is 1.60. The number of benzene rings is 2. The Labute approximate surface area is 150 Å². The van der Waals surface area contributed by atoms with Gasteiger partial charge in [0.25, 0.3) is 5.91 Å². The topological polar surface area (TPSA) is 63.2 Å². The van der Waals surface area contributed by atoms with Crippen LogP contribution in [0, 0.1) is 0 Å². The summed E-state index contributed by atoms with van der Waals surface area (Å²) in [5.41, 5.74) is 1.81. The van der Waals surface area contributed by atoms with Gasteiger partial charge < -0.3 is 15.4 Å². The fourth-order valence-electron chi connectivity index (χ4n) is 2.29. The number of aromatic nitrogens is 1. The van der Waals surface area contributed by atoms with Crippen LogP contribution in [-0.2, 0) is 0 Å². The molecule has 0 aliphatic carbocycles. The zero-order valence-corrected chi connectivity index (χ0v) is 14.2. The summed E-state index contributed by atoms with van der Waals surface area (Å²) in [5.74, 6) is 0.891. The molecular weight excluding hydrogens is 338 g/mol. The zero-order valence-electron chi connectivity index (χ0n) is 13.5. The van der Waals surface area contributed by atoms with E-state index in [0.29, 0.717) is 27.8 Å². The summed E-state index contributed by atoms with van der Waals surface area (Å²) in [5, 5.41) is 6.52. The highest BCUT2D eigenvalue weighted by atomic mass is 35.5. The third-order valence-corrected chi connectivity index (χ3v) is 3.70. The van der Waals surface area contributed by atoms with Crippen molar-refractivity contribution in [2.45, 2.75) is 0 Å². The number of carbonyl (C=O) groups is 1. The lowest BCUT2D eigenvalue weighted by atomic mass is 10.2. The Kier molecular flexibility index (Phi) is 5.16. The lowest BCUT2D eigenvalue weighted by Gasteiger charge is -2.12. The summed E-state index contributed by atoms with van der Waals surface area (Å²) in [6.07, 6.45) is 1.62. The van der Waals surface area contributed by atoms with Crippen LogP contribution in [0.3, 0.4) is 0 Å². The van der Waals surface area contributed by atoms with Crippen LogP contribution in [0.4, 0.5) is 17.2 Å². The fourth-order valence-corrected chi connectivity index (χ4v) is 2.48. The minimum Gasteiger partial charge on any atom is -0.497 e. The molecule has 2 N–H and O–H groups in total. The van der Waals surface area contributed by atoms with Crippen molar-refractivity contribution in [1.82, 2.24) is 4.98 Å². The maximum absolute atomic E-state index is 12.6. The van der Waals surface area contributed by atoms with Gasteiger partial charge in [0.1, 0.15) is 11.6 Å². The van der Waals surface area contributed by atoms with Gasteiger partial charge >= 0.3 is 0 Å². The highest BCUT2D eigenvalue weighted by molar-refractivity contribution is 6.31. The van der Waals surface area contributed by atoms with Crippen molar-refractivity contribution in [3.8, 4) is 5.75 Å². The lowest BCUT2D eigenvalue weighted by Crippen LogP contribution is -2.14. The first-order valence-electron chi connectivity index (χ1n) is 7.59. The van der Waals surface area contributed by atoms with E-state index in [1.54, 1.807) is 49.7 Å². The number of methoxy groups -OCH3 is 1. The van der Waals surface area contributed by atoms with E-state index in [1.807, 2.05) is 24.3 Å². The van der Waals surface area contributed by atoms with Gasteiger partial charge in [0, 0.05) is 28.7 Å². The number of halogens is 1. The molecule has 25 heavy (non-hydrogen) atoms. The van der Waals surface area contributed by atoms with E-state index in [2.05, 4.69) is 15.6 Å². The molecule has 0 spiro atoms. The number of pyridine rings is 1. The van der Waals surface area contributed by atoms with Crippen molar-refractivity contribution in [3.63, 3.8) is 0 Å². The van der Waals surface area contributed by atoms with Gasteiger partial charge in [-0.25, -0.2) is 4.98 Å². The summed E-state index contributed by atoms with van der Waals surface area (Å²) in [4.78, 5) is 16.9. The van der Waals surface area contributed by atoms with Crippen molar-refractivity contribution < 1.29 is 9.53 Å². The van der Waals surface area contributed by atoms with Crippen LogP contribution in [0.25, 0.3) is 0 Å². The number of amides is 1. The molecule has 1 heterocycles. The van der Waals surface area contributed by atoms with Crippen LogP contribution < -0.4 is 15.4 Å². The standard InChI is InChI=1S/C19H16ClN3O2/c1-25-16-8-3-7-15(12-16)22-18-17(9-4-10-21-18)19(24)23-14-6-2-5-13(20)11-14/h2-12H,1H3,(H,21,22)(H,23,24). The summed E-state index contributed by atoms with van der Waals surface area (Å²) >= 11 is 5.95. The lowest BCUT2D eigenvalue weighted by molar-refractivity contribution is 0.102. The second kappa shape index (κ2) is 7.68. The molecule has 3 rings (SSSR count). The Morgan fingerprint density at radius 2 is 1.84 bits per heavy atom. The van der Waals surface area contributed by atoms with Crippen molar-refractivity contribution >= 4 is 34.7 Å². The molecule has 1 amide bonds. The van der Waals surface area contributed by atoms with E-state index in [0.717, 1.165) is 5.69 Å². The second-order valence-corrected chi connectivity index (χ2v) is 5.66. The van der Waals surface area contributed by atoms with Crippen LogP contribution in [0.1, 0.15) is 10.4 Å². The van der Waals surface area contributed by atoms with E-state index < -0.39 is 0 Å². The molecule has 0 aliphatic rings. The molecule has 6 heteroatoms. The minimum absolute atomic E-state index is 0.277. The first-order valence-corrected chi connectivity index (χ1v) is 7.96. The van der Waals surface area contributed by atoms with Crippen LogP contribution in [0.2, 0.25) is 5.02 Å². The molecule has 1 aromatic heterocycles. The number of rotatable bonds is 5. The molecule has 0 saturated carbocycles. The predicted octanol–water partition coefficient (Wildman–Crippen LogP) is 4.74. The van der Waals surface area contributed by atoms with Crippen molar-refractivity contribution in [2.75, 3.05) is 17.7 Å². The largest absolute Gasteiger partial charge is 0.497 e. The molecule has 126 valence electrons. The minimum atomic E-state index is -0.277. The number of nitrogens with zero attached hydrogens (tertiary/aromatic N) is 1. The van der Waals surface area contributed by atoms with Crippen molar-refractivity contribution in [2.24, 2.45) is 0 Å². The molecule has 5 nitrogen and oxygen atoms in total. The number of nitrogens with one attached hydrogen (secondary N) is 2. The Hall–Kier alpha value is -3.05. The number of carbonyl (C=O) groups excluding carboxylic acids is 1. The zero-order chi connectivity index (χ0) is 17.6. The molecule has 0 atom stereocenters. The van der Waals surface area contributed by atoms with Gasteiger partial charge in [-0.3, -0.25) is 4.79 Å². The fraction of sp³-hybridized carbons (Fsp3) is 0.0526. The van der Waals surface area contributed by atoms with Gasteiger partial charge in [0.05, 0.1) is 12.7 Å². The Morgan fingerprint density at radius 1 is 1.04 bits per heavy atom.